The van der Waals surface area contributed by atoms with Crippen molar-refractivity contribution < 1.29 is 18.7 Å². The van der Waals surface area contributed by atoms with Gasteiger partial charge in [-0.05, 0) is 35.9 Å². The molecule has 0 aliphatic heterocycles. The molecule has 0 atom stereocenters. The summed E-state index contributed by atoms with van der Waals surface area (Å²) in [4.78, 5) is 24.5. The van der Waals surface area contributed by atoms with Crippen LogP contribution >= 0.6 is 0 Å². The van der Waals surface area contributed by atoms with Crippen LogP contribution in [-0.4, -0.2) is 20.1 Å². The summed E-state index contributed by atoms with van der Waals surface area (Å²) in [6.07, 6.45) is 4.08. The summed E-state index contributed by atoms with van der Waals surface area (Å²) in [6.45, 7) is 0.374. The molecule has 0 fully saturated rings. The Labute approximate surface area is 156 Å². The van der Waals surface area contributed by atoms with Gasteiger partial charge in [0.1, 0.15) is 23.3 Å². The summed E-state index contributed by atoms with van der Waals surface area (Å²) in [5.41, 5.74) is 1.46. The number of carbonyl (C=O) groups excluding carboxylic acids is 1. The largest absolute Gasteiger partial charge is 0.497 e. The van der Waals surface area contributed by atoms with E-state index in [1.807, 2.05) is 24.3 Å². The molecule has 6 heteroatoms. The fourth-order valence-corrected chi connectivity index (χ4v) is 2.52. The second-order valence-corrected chi connectivity index (χ2v) is 5.78. The molecule has 3 rings (SSSR count). The number of methoxy groups -OCH3 is 2. The summed E-state index contributed by atoms with van der Waals surface area (Å²) in [7, 11) is 3.14. The van der Waals surface area contributed by atoms with E-state index in [-0.39, 0.29) is 11.3 Å². The van der Waals surface area contributed by atoms with Crippen LogP contribution in [0.4, 0.5) is 0 Å². The molecule has 27 heavy (non-hydrogen) atoms. The molecule has 0 unspecified atom stereocenters. The van der Waals surface area contributed by atoms with Crippen molar-refractivity contribution in [2.45, 2.75) is 6.54 Å². The van der Waals surface area contributed by atoms with Crippen molar-refractivity contribution in [3.63, 3.8) is 0 Å². The minimum absolute atomic E-state index is 0.210. The molecule has 0 aliphatic rings. The lowest BCUT2D eigenvalue weighted by atomic mass is 10.1. The van der Waals surface area contributed by atoms with Crippen LogP contribution in [0, 0.1) is 0 Å². The number of benzene rings is 2. The predicted octanol–water partition coefficient (Wildman–Crippen LogP) is 3.14. The summed E-state index contributed by atoms with van der Waals surface area (Å²) >= 11 is 0. The minimum Gasteiger partial charge on any atom is -0.497 e. The standard InChI is InChI=1S/C21H19NO5/c1-25-16-6-3-14(4-7-16)12-22-20(23)10-5-15-13-27-19-11-17(26-2)8-9-18(19)21(15)24/h3-11,13H,12H2,1-2H3,(H,22,23)/b10-5+. The van der Waals surface area contributed by atoms with Crippen LogP contribution in [0.2, 0.25) is 0 Å². The van der Waals surface area contributed by atoms with Crippen LogP contribution < -0.4 is 20.2 Å². The first-order valence-corrected chi connectivity index (χ1v) is 8.29. The van der Waals surface area contributed by atoms with Crippen LogP contribution in [0.15, 0.2) is 64.0 Å². The van der Waals surface area contributed by atoms with E-state index in [0.29, 0.717) is 28.8 Å². The van der Waals surface area contributed by atoms with Crippen molar-refractivity contribution in [3.05, 3.63) is 76.2 Å². The molecular weight excluding hydrogens is 346 g/mol. The molecule has 0 saturated carbocycles. The Morgan fingerprint density at radius 3 is 2.48 bits per heavy atom. The lowest BCUT2D eigenvalue weighted by molar-refractivity contribution is -0.116. The third kappa shape index (κ3) is 4.36. The summed E-state index contributed by atoms with van der Waals surface area (Å²) in [5, 5.41) is 3.19. The first-order valence-electron chi connectivity index (χ1n) is 8.29. The number of carbonyl (C=O) groups is 1. The molecule has 0 spiro atoms. The normalized spacial score (nSPS) is 10.9. The SMILES string of the molecule is COc1ccc(CNC(=O)/C=C/c2coc3cc(OC)ccc3c2=O)cc1. The maximum atomic E-state index is 12.5. The van der Waals surface area contributed by atoms with Gasteiger partial charge >= 0.3 is 0 Å². The zero-order valence-corrected chi connectivity index (χ0v) is 15.0. The maximum absolute atomic E-state index is 12.5. The Morgan fingerprint density at radius 1 is 1.07 bits per heavy atom. The van der Waals surface area contributed by atoms with Gasteiger partial charge in [0.25, 0.3) is 0 Å². The number of hydrogen-bond donors (Lipinski definition) is 1. The van der Waals surface area contributed by atoms with Crippen molar-refractivity contribution in [2.24, 2.45) is 0 Å². The van der Waals surface area contributed by atoms with Gasteiger partial charge in [-0.3, -0.25) is 9.59 Å². The molecule has 0 bridgehead atoms. The third-order valence-electron chi connectivity index (χ3n) is 4.05. The van der Waals surface area contributed by atoms with Crippen molar-refractivity contribution in [3.8, 4) is 11.5 Å². The molecule has 0 aliphatic carbocycles. The van der Waals surface area contributed by atoms with E-state index in [1.165, 1.54) is 18.4 Å². The van der Waals surface area contributed by atoms with Crippen LogP contribution in [0.1, 0.15) is 11.1 Å². The van der Waals surface area contributed by atoms with Crippen molar-refractivity contribution in [2.75, 3.05) is 14.2 Å². The van der Waals surface area contributed by atoms with Gasteiger partial charge in [0.05, 0.1) is 25.2 Å². The van der Waals surface area contributed by atoms with E-state index in [9.17, 15) is 9.59 Å². The second-order valence-electron chi connectivity index (χ2n) is 5.78. The van der Waals surface area contributed by atoms with Gasteiger partial charge in [-0.15, -0.1) is 0 Å². The van der Waals surface area contributed by atoms with Gasteiger partial charge in [-0.25, -0.2) is 0 Å². The minimum atomic E-state index is -0.306. The lowest BCUT2D eigenvalue weighted by Crippen LogP contribution is -2.20. The number of fused-ring (bicyclic) bond motifs is 1. The lowest BCUT2D eigenvalue weighted by Gasteiger charge is -2.04. The molecule has 3 aromatic rings. The number of hydrogen-bond acceptors (Lipinski definition) is 5. The highest BCUT2D eigenvalue weighted by molar-refractivity contribution is 5.92. The average Bonchev–Trinajstić information content (AvgIpc) is 2.71. The van der Waals surface area contributed by atoms with Crippen molar-refractivity contribution in [1.29, 1.82) is 0 Å². The fourth-order valence-electron chi connectivity index (χ4n) is 2.52. The van der Waals surface area contributed by atoms with Crippen LogP contribution in [0.5, 0.6) is 11.5 Å². The van der Waals surface area contributed by atoms with Crippen LogP contribution in [0.25, 0.3) is 17.0 Å². The highest BCUT2D eigenvalue weighted by Gasteiger charge is 2.06. The number of amides is 1. The van der Waals surface area contributed by atoms with Gasteiger partial charge in [0.15, 0.2) is 5.43 Å². The molecule has 1 N–H and O–H groups in total. The third-order valence-corrected chi connectivity index (χ3v) is 4.05. The van der Waals surface area contributed by atoms with Gasteiger partial charge in [0, 0.05) is 18.7 Å². The van der Waals surface area contributed by atoms with Gasteiger partial charge in [-0.1, -0.05) is 12.1 Å². The van der Waals surface area contributed by atoms with E-state index < -0.39 is 0 Å². The number of rotatable bonds is 6. The van der Waals surface area contributed by atoms with E-state index in [1.54, 1.807) is 32.4 Å². The van der Waals surface area contributed by atoms with E-state index in [0.717, 1.165) is 11.3 Å². The maximum Gasteiger partial charge on any atom is 0.244 e. The average molecular weight is 365 g/mol. The quantitative estimate of drug-likeness (QED) is 0.679. The fraction of sp³-hybridized carbons (Fsp3) is 0.143. The molecule has 2 aromatic carbocycles. The Kier molecular flexibility index (Phi) is 5.56. The highest BCUT2D eigenvalue weighted by atomic mass is 16.5. The highest BCUT2D eigenvalue weighted by Crippen LogP contribution is 2.19. The number of ether oxygens (including phenoxy) is 2. The Hall–Kier alpha value is -3.54. The molecule has 1 amide bonds. The van der Waals surface area contributed by atoms with Gasteiger partial charge in [0.2, 0.25) is 5.91 Å². The van der Waals surface area contributed by atoms with E-state index in [2.05, 4.69) is 5.32 Å². The smallest absolute Gasteiger partial charge is 0.244 e. The summed E-state index contributed by atoms with van der Waals surface area (Å²) in [5.74, 6) is 1.05. The molecule has 138 valence electrons. The van der Waals surface area contributed by atoms with E-state index >= 15 is 0 Å². The zero-order valence-electron chi connectivity index (χ0n) is 15.0. The van der Waals surface area contributed by atoms with Gasteiger partial charge < -0.3 is 19.2 Å². The zero-order chi connectivity index (χ0) is 19.2. The topological polar surface area (TPSA) is 77.8 Å². The Morgan fingerprint density at radius 2 is 1.78 bits per heavy atom. The van der Waals surface area contributed by atoms with Gasteiger partial charge in [-0.2, -0.15) is 0 Å². The molecule has 6 nitrogen and oxygen atoms in total. The van der Waals surface area contributed by atoms with E-state index in [4.69, 9.17) is 13.9 Å². The monoisotopic (exact) mass is 365 g/mol. The van der Waals surface area contributed by atoms with Crippen molar-refractivity contribution >= 4 is 23.0 Å². The first kappa shape index (κ1) is 18.3. The Balaban J connectivity index is 1.68. The first-order chi connectivity index (χ1) is 13.1. The summed E-state index contributed by atoms with van der Waals surface area (Å²) < 4.78 is 15.7. The molecular formula is C21H19NO5. The van der Waals surface area contributed by atoms with Crippen molar-refractivity contribution in [1.82, 2.24) is 5.32 Å². The predicted molar refractivity (Wildman–Crippen MR) is 103 cm³/mol. The molecule has 0 radical (unpaired) electrons. The molecule has 0 saturated heterocycles. The Bertz CT molecular complexity index is 1030. The van der Waals surface area contributed by atoms with Crippen LogP contribution in [0.3, 0.4) is 0 Å². The van der Waals surface area contributed by atoms with Crippen LogP contribution in [-0.2, 0) is 11.3 Å². The molecule has 1 aromatic heterocycles. The second kappa shape index (κ2) is 8.23. The number of nitrogens with one attached hydrogen (secondary N) is 1. The molecule has 1 heterocycles. The summed E-state index contributed by atoms with van der Waals surface area (Å²) in [6, 6.07) is 12.4.